The Morgan fingerprint density at radius 3 is 2.38 bits per heavy atom. The van der Waals surface area contributed by atoms with E-state index in [0.717, 1.165) is 56.0 Å². The molecule has 302 valence electrons. The Bertz CT molecular complexity index is 2440. The molecule has 0 spiro atoms. The zero-order chi connectivity index (χ0) is 40.8. The molecule has 4 heterocycles. The number of ether oxygens (including phenoxy) is 2. The van der Waals surface area contributed by atoms with Gasteiger partial charge in [0.05, 0.1) is 47.3 Å². The fourth-order valence-electron chi connectivity index (χ4n) is 7.03. The number of rotatable bonds is 15. The summed E-state index contributed by atoms with van der Waals surface area (Å²) < 4.78 is 63.4. The number of halogens is 2. The fourth-order valence-corrected chi connectivity index (χ4v) is 7.45. The highest BCUT2D eigenvalue weighted by Gasteiger charge is 2.24. The first-order valence-corrected chi connectivity index (χ1v) is 20.4. The molecular formula is C42H44F2N8O5S. The molecule has 0 saturated carbocycles. The average Bonchev–Trinajstić information content (AvgIpc) is 3.62. The minimum Gasteiger partial charge on any atom is -0.493 e. The second-order valence-electron chi connectivity index (χ2n) is 13.4. The summed E-state index contributed by atoms with van der Waals surface area (Å²) in [6.45, 7) is 10.2. The van der Waals surface area contributed by atoms with Crippen molar-refractivity contribution in [3.63, 3.8) is 0 Å². The lowest BCUT2D eigenvalue weighted by Gasteiger charge is -2.37. The number of benzene rings is 3. The topological polar surface area (TPSA) is 146 Å². The van der Waals surface area contributed by atoms with Gasteiger partial charge in [0.15, 0.2) is 11.1 Å². The summed E-state index contributed by atoms with van der Waals surface area (Å²) in [4.78, 5) is 32.6. The van der Waals surface area contributed by atoms with E-state index in [9.17, 15) is 22.3 Å². The number of aryl methyl sites for hydroxylation is 1. The molecule has 0 aliphatic carbocycles. The second kappa shape index (κ2) is 18.1. The van der Waals surface area contributed by atoms with Gasteiger partial charge in [-0.25, -0.2) is 27.9 Å². The van der Waals surface area contributed by atoms with Gasteiger partial charge < -0.3 is 29.6 Å². The van der Waals surface area contributed by atoms with Crippen molar-refractivity contribution in [1.82, 2.24) is 24.3 Å². The Labute approximate surface area is 337 Å². The summed E-state index contributed by atoms with van der Waals surface area (Å²) in [7, 11) is 0. The molecule has 1 aliphatic heterocycles. The van der Waals surface area contributed by atoms with Gasteiger partial charge in [0.25, 0.3) is 5.91 Å². The summed E-state index contributed by atoms with van der Waals surface area (Å²) >= 11 is -1.81. The molecule has 13 nitrogen and oxygen atoms in total. The van der Waals surface area contributed by atoms with Gasteiger partial charge in [-0.05, 0) is 80.4 Å². The Kier molecular flexibility index (Phi) is 12.5. The van der Waals surface area contributed by atoms with Gasteiger partial charge in [0.1, 0.15) is 34.5 Å². The van der Waals surface area contributed by atoms with Crippen LogP contribution in [0.3, 0.4) is 0 Å². The Morgan fingerprint density at radius 1 is 0.897 bits per heavy atom. The molecule has 1 fully saturated rings. The van der Waals surface area contributed by atoms with E-state index in [1.807, 2.05) is 35.7 Å². The average molecular weight is 811 g/mol. The van der Waals surface area contributed by atoms with Crippen molar-refractivity contribution in [3.05, 3.63) is 108 Å². The van der Waals surface area contributed by atoms with Gasteiger partial charge in [-0.15, -0.1) is 0 Å². The summed E-state index contributed by atoms with van der Waals surface area (Å²) in [5, 5.41) is 5.77. The van der Waals surface area contributed by atoms with Crippen LogP contribution in [0.15, 0.2) is 85.2 Å². The molecule has 16 heteroatoms. The molecule has 3 aromatic carbocycles. The number of para-hydroxylation sites is 1. The van der Waals surface area contributed by atoms with E-state index in [-0.39, 0.29) is 23.7 Å². The minimum atomic E-state index is -1.81. The SMILES string of the molecule is CCOc1cc(N2CCN(CCS(=O)O)CC2)c(CC)cc1Nc1nccc(-c2c(-c3ccc(OCC)c(C(=O)Nc4c(F)cccc4F)c3)nc3ccccn23)n1. The number of carbonyl (C=O) groups excluding carboxylic acids is 1. The molecule has 0 bridgehead atoms. The molecule has 1 saturated heterocycles. The lowest BCUT2D eigenvalue weighted by Crippen LogP contribution is -2.47. The zero-order valence-electron chi connectivity index (χ0n) is 32.4. The number of amides is 1. The van der Waals surface area contributed by atoms with Gasteiger partial charge in [0.2, 0.25) is 5.95 Å². The molecule has 1 unspecified atom stereocenters. The summed E-state index contributed by atoms with van der Waals surface area (Å²) in [6, 6.07) is 19.9. The van der Waals surface area contributed by atoms with Crippen molar-refractivity contribution in [3.8, 4) is 34.1 Å². The standard InChI is InChI=1S/C42H44F2N8O5S/c1-4-27-25-33(36(57-6-3)26-34(27)51-20-18-50(19-21-51)22-23-58(54)55)47-42-45-16-15-32(46-42)40-38(48-37-12-7-8-17-52(37)40)28-13-14-35(56-5-2)29(24-28)41(53)49-39-30(43)10-9-11-31(39)44/h7-17,24-26H,4-6,18-23H2,1-3H3,(H,49,53)(H,54,55)(H,45,46,47). The number of pyridine rings is 1. The minimum absolute atomic E-state index is 0.0648. The van der Waals surface area contributed by atoms with E-state index < -0.39 is 34.3 Å². The van der Waals surface area contributed by atoms with Crippen molar-refractivity contribution >= 4 is 45.6 Å². The maximum atomic E-state index is 14.6. The molecule has 1 aliphatic rings. The first-order valence-electron chi connectivity index (χ1n) is 19.1. The summed E-state index contributed by atoms with van der Waals surface area (Å²) in [5.74, 6) is -1.12. The number of nitrogens with one attached hydrogen (secondary N) is 2. The predicted octanol–water partition coefficient (Wildman–Crippen LogP) is 7.44. The van der Waals surface area contributed by atoms with Crippen LogP contribution >= 0.6 is 0 Å². The van der Waals surface area contributed by atoms with Crippen molar-refractivity contribution < 1.29 is 31.8 Å². The van der Waals surface area contributed by atoms with Crippen LogP contribution in [0.2, 0.25) is 0 Å². The molecule has 6 aromatic rings. The number of carbonyl (C=O) groups is 1. The van der Waals surface area contributed by atoms with E-state index in [4.69, 9.17) is 19.4 Å². The molecule has 1 atom stereocenters. The highest BCUT2D eigenvalue weighted by molar-refractivity contribution is 7.79. The largest absolute Gasteiger partial charge is 0.493 e. The van der Waals surface area contributed by atoms with Crippen molar-refractivity contribution in [2.24, 2.45) is 0 Å². The van der Waals surface area contributed by atoms with Crippen LogP contribution in [0.4, 0.5) is 31.8 Å². The lowest BCUT2D eigenvalue weighted by atomic mass is 10.0. The zero-order valence-corrected chi connectivity index (χ0v) is 33.2. The van der Waals surface area contributed by atoms with Crippen molar-refractivity contribution in [2.75, 3.05) is 67.2 Å². The molecule has 3 aromatic heterocycles. The number of fused-ring (bicyclic) bond motifs is 1. The summed E-state index contributed by atoms with van der Waals surface area (Å²) in [6.07, 6.45) is 4.29. The van der Waals surface area contributed by atoms with Gasteiger partial charge in [-0.2, -0.15) is 0 Å². The van der Waals surface area contributed by atoms with E-state index in [1.54, 1.807) is 37.4 Å². The maximum absolute atomic E-state index is 14.6. The number of hydrogen-bond donors (Lipinski definition) is 3. The molecule has 58 heavy (non-hydrogen) atoms. The van der Waals surface area contributed by atoms with E-state index in [2.05, 4.69) is 44.5 Å². The number of imidazole rings is 1. The van der Waals surface area contributed by atoms with Gasteiger partial charge in [0, 0.05) is 62.4 Å². The van der Waals surface area contributed by atoms with Crippen LogP contribution in [-0.4, -0.2) is 90.6 Å². The first-order chi connectivity index (χ1) is 28.2. The van der Waals surface area contributed by atoms with Crippen LogP contribution in [0.5, 0.6) is 11.5 Å². The molecular weight excluding hydrogens is 767 g/mol. The quantitative estimate of drug-likeness (QED) is 0.0890. The number of anilines is 4. The van der Waals surface area contributed by atoms with Gasteiger partial charge >= 0.3 is 0 Å². The van der Waals surface area contributed by atoms with Crippen molar-refractivity contribution in [1.29, 1.82) is 0 Å². The third-order valence-corrected chi connectivity index (χ3v) is 10.4. The first kappa shape index (κ1) is 40.2. The van der Waals surface area contributed by atoms with Crippen molar-refractivity contribution in [2.45, 2.75) is 27.2 Å². The highest BCUT2D eigenvalue weighted by Crippen LogP contribution is 2.38. The van der Waals surface area contributed by atoms with Crippen LogP contribution in [-0.2, 0) is 17.5 Å². The Balaban J connectivity index is 1.22. The third kappa shape index (κ3) is 8.78. The number of hydrogen-bond acceptors (Lipinski definition) is 10. The molecule has 3 N–H and O–H groups in total. The maximum Gasteiger partial charge on any atom is 0.259 e. The Hall–Kier alpha value is -5.97. The third-order valence-electron chi connectivity index (χ3n) is 9.83. The molecule has 7 rings (SSSR count). The van der Waals surface area contributed by atoms with Crippen LogP contribution in [0.1, 0.15) is 36.7 Å². The normalized spacial score (nSPS) is 13.7. The smallest absolute Gasteiger partial charge is 0.259 e. The second-order valence-corrected chi connectivity index (χ2v) is 14.5. The van der Waals surface area contributed by atoms with E-state index in [0.29, 0.717) is 58.8 Å². The summed E-state index contributed by atoms with van der Waals surface area (Å²) in [5.41, 5.74) is 5.23. The Morgan fingerprint density at radius 2 is 1.66 bits per heavy atom. The van der Waals surface area contributed by atoms with Crippen LogP contribution < -0.4 is 25.0 Å². The number of aromatic nitrogens is 4. The molecule has 1 amide bonds. The van der Waals surface area contributed by atoms with Crippen LogP contribution in [0, 0.1) is 11.6 Å². The number of nitrogens with zero attached hydrogens (tertiary/aromatic N) is 6. The van der Waals surface area contributed by atoms with E-state index in [1.165, 1.54) is 6.07 Å². The number of piperazine rings is 1. The lowest BCUT2D eigenvalue weighted by molar-refractivity contribution is 0.102. The van der Waals surface area contributed by atoms with E-state index >= 15 is 0 Å². The fraction of sp³-hybridized carbons (Fsp3) is 0.286. The predicted molar refractivity (Wildman–Crippen MR) is 222 cm³/mol. The van der Waals surface area contributed by atoms with Crippen LogP contribution in [0.25, 0.3) is 28.3 Å². The van der Waals surface area contributed by atoms with Gasteiger partial charge in [-0.1, -0.05) is 19.1 Å². The monoisotopic (exact) mass is 810 g/mol. The van der Waals surface area contributed by atoms with Gasteiger partial charge in [-0.3, -0.25) is 14.1 Å². The highest BCUT2D eigenvalue weighted by atomic mass is 32.2. The molecule has 0 radical (unpaired) electrons.